The number of halogens is 1. The molecule has 2 bridgehead atoms. The van der Waals surface area contributed by atoms with Crippen LogP contribution in [0.25, 0.3) is 0 Å². The molecular formula is C13H13FO3. The van der Waals surface area contributed by atoms with Gasteiger partial charge in [0.15, 0.2) is 0 Å². The minimum absolute atomic E-state index is 0.117. The lowest BCUT2D eigenvalue weighted by atomic mass is 9.33. The standard InChI is InChI=1S/C13H13FO3/c1-17-10-3-8(2-9(14)4-10)12-5-13(6-12,7-12)11(15)16/h2-4H,5-7H2,1H3,(H,15,16). The summed E-state index contributed by atoms with van der Waals surface area (Å²) in [5, 5.41) is 9.05. The fourth-order valence-electron chi connectivity index (χ4n) is 3.31. The van der Waals surface area contributed by atoms with E-state index in [9.17, 15) is 9.18 Å². The van der Waals surface area contributed by atoms with Crippen LogP contribution in [0.4, 0.5) is 4.39 Å². The van der Waals surface area contributed by atoms with E-state index in [2.05, 4.69) is 0 Å². The number of rotatable bonds is 3. The molecule has 3 saturated carbocycles. The number of carbonyl (C=O) groups is 1. The summed E-state index contributed by atoms with van der Waals surface area (Å²) in [6.45, 7) is 0. The van der Waals surface area contributed by atoms with E-state index in [1.54, 1.807) is 0 Å². The van der Waals surface area contributed by atoms with Gasteiger partial charge >= 0.3 is 5.97 Å². The van der Waals surface area contributed by atoms with Gasteiger partial charge in [-0.3, -0.25) is 4.79 Å². The second-order valence-electron chi connectivity index (χ2n) is 5.28. The molecular weight excluding hydrogens is 223 g/mol. The van der Waals surface area contributed by atoms with Crippen LogP contribution in [0.15, 0.2) is 18.2 Å². The monoisotopic (exact) mass is 236 g/mol. The van der Waals surface area contributed by atoms with Gasteiger partial charge in [-0.1, -0.05) is 0 Å². The van der Waals surface area contributed by atoms with Gasteiger partial charge in [0.2, 0.25) is 0 Å². The third kappa shape index (κ3) is 1.24. The van der Waals surface area contributed by atoms with Crippen LogP contribution in [0, 0.1) is 11.2 Å². The maximum absolute atomic E-state index is 13.4. The maximum atomic E-state index is 13.4. The van der Waals surface area contributed by atoms with Gasteiger partial charge in [0.05, 0.1) is 12.5 Å². The van der Waals surface area contributed by atoms with Crippen LogP contribution in [0.3, 0.4) is 0 Å². The maximum Gasteiger partial charge on any atom is 0.309 e. The van der Waals surface area contributed by atoms with E-state index in [0.29, 0.717) is 25.0 Å². The quantitative estimate of drug-likeness (QED) is 0.876. The highest BCUT2D eigenvalue weighted by Gasteiger charge is 2.72. The summed E-state index contributed by atoms with van der Waals surface area (Å²) in [5.74, 6) is -0.551. The average Bonchev–Trinajstić information content (AvgIpc) is 2.11. The largest absolute Gasteiger partial charge is 0.497 e. The van der Waals surface area contributed by atoms with E-state index in [1.165, 1.54) is 19.2 Å². The molecule has 3 aliphatic rings. The Labute approximate surface area is 98.2 Å². The Bertz CT molecular complexity index is 490. The van der Waals surface area contributed by atoms with Gasteiger partial charge in [-0.15, -0.1) is 0 Å². The molecule has 3 fully saturated rings. The van der Waals surface area contributed by atoms with E-state index in [1.807, 2.05) is 6.07 Å². The van der Waals surface area contributed by atoms with Crippen molar-refractivity contribution in [3.63, 3.8) is 0 Å². The number of ether oxygens (including phenoxy) is 1. The van der Waals surface area contributed by atoms with Crippen molar-refractivity contribution in [2.24, 2.45) is 5.41 Å². The van der Waals surface area contributed by atoms with E-state index in [-0.39, 0.29) is 11.2 Å². The van der Waals surface area contributed by atoms with Crippen molar-refractivity contribution in [1.82, 2.24) is 0 Å². The summed E-state index contributed by atoms with van der Waals surface area (Å²) in [5.41, 5.74) is 0.227. The minimum atomic E-state index is -0.720. The Balaban J connectivity index is 1.89. The first kappa shape index (κ1) is 10.6. The molecule has 0 heterocycles. The second-order valence-corrected chi connectivity index (χ2v) is 5.28. The lowest BCUT2D eigenvalue weighted by molar-refractivity contribution is -0.194. The number of hydrogen-bond acceptors (Lipinski definition) is 2. The van der Waals surface area contributed by atoms with Gasteiger partial charge in [-0.25, -0.2) is 4.39 Å². The van der Waals surface area contributed by atoms with E-state index in [0.717, 1.165) is 5.56 Å². The summed E-state index contributed by atoms with van der Waals surface area (Å²) in [7, 11) is 1.50. The Kier molecular flexibility index (Phi) is 1.86. The molecule has 0 aromatic heterocycles. The molecule has 0 radical (unpaired) electrons. The zero-order valence-corrected chi connectivity index (χ0v) is 9.50. The summed E-state index contributed by atoms with van der Waals surface area (Å²) in [6, 6.07) is 4.64. The average molecular weight is 236 g/mol. The second kappa shape index (κ2) is 3.00. The number of hydrogen-bond donors (Lipinski definition) is 1. The lowest BCUT2D eigenvalue weighted by Crippen LogP contribution is -2.67. The van der Waals surface area contributed by atoms with Gasteiger partial charge in [0, 0.05) is 6.07 Å². The van der Waals surface area contributed by atoms with Crippen LogP contribution in [-0.4, -0.2) is 18.2 Å². The van der Waals surface area contributed by atoms with E-state index in [4.69, 9.17) is 9.84 Å². The zero-order chi connectivity index (χ0) is 12.3. The van der Waals surface area contributed by atoms with Crippen molar-refractivity contribution >= 4 is 5.97 Å². The fraction of sp³-hybridized carbons (Fsp3) is 0.462. The van der Waals surface area contributed by atoms with Gasteiger partial charge in [-0.2, -0.15) is 0 Å². The number of carboxylic acids is 1. The molecule has 4 rings (SSSR count). The van der Waals surface area contributed by atoms with E-state index < -0.39 is 11.4 Å². The summed E-state index contributed by atoms with van der Waals surface area (Å²) in [4.78, 5) is 11.0. The molecule has 0 unspecified atom stereocenters. The van der Waals surface area contributed by atoms with Gasteiger partial charge in [0.25, 0.3) is 0 Å². The predicted molar refractivity (Wildman–Crippen MR) is 58.5 cm³/mol. The molecule has 0 aliphatic heterocycles. The van der Waals surface area contributed by atoms with Crippen LogP contribution >= 0.6 is 0 Å². The van der Waals surface area contributed by atoms with Crippen molar-refractivity contribution in [3.8, 4) is 5.75 Å². The highest BCUT2D eigenvalue weighted by molar-refractivity contribution is 5.81. The van der Waals surface area contributed by atoms with Crippen LogP contribution < -0.4 is 4.74 Å². The molecule has 3 nitrogen and oxygen atoms in total. The summed E-state index contributed by atoms with van der Waals surface area (Å²) < 4.78 is 18.4. The molecule has 4 heteroatoms. The van der Waals surface area contributed by atoms with E-state index >= 15 is 0 Å². The van der Waals surface area contributed by atoms with Crippen LogP contribution in [0.1, 0.15) is 24.8 Å². The molecule has 90 valence electrons. The SMILES string of the molecule is COc1cc(F)cc(C23CC(C(=O)O)(C2)C3)c1. The molecule has 0 spiro atoms. The Morgan fingerprint density at radius 3 is 2.53 bits per heavy atom. The number of benzene rings is 1. The normalized spacial score (nSPS) is 33.5. The third-order valence-electron chi connectivity index (χ3n) is 4.20. The lowest BCUT2D eigenvalue weighted by Gasteiger charge is -2.68. The molecule has 1 aromatic rings. The topological polar surface area (TPSA) is 46.5 Å². The summed E-state index contributed by atoms with van der Waals surface area (Å²) >= 11 is 0. The fourth-order valence-corrected chi connectivity index (χ4v) is 3.31. The molecule has 1 aromatic carbocycles. The van der Waals surface area contributed by atoms with Crippen LogP contribution in [-0.2, 0) is 10.2 Å². The van der Waals surface area contributed by atoms with Crippen LogP contribution in [0.5, 0.6) is 5.75 Å². The molecule has 0 saturated heterocycles. The first-order valence-electron chi connectivity index (χ1n) is 5.58. The van der Waals surface area contributed by atoms with Crippen molar-refractivity contribution in [1.29, 1.82) is 0 Å². The van der Waals surface area contributed by atoms with Crippen molar-refractivity contribution < 1.29 is 19.0 Å². The number of carboxylic acid groups (broad SMARTS) is 1. The molecule has 17 heavy (non-hydrogen) atoms. The third-order valence-corrected chi connectivity index (χ3v) is 4.20. The van der Waals surface area contributed by atoms with Crippen LogP contribution in [0.2, 0.25) is 0 Å². The minimum Gasteiger partial charge on any atom is -0.497 e. The van der Waals surface area contributed by atoms with Crippen molar-refractivity contribution in [3.05, 3.63) is 29.6 Å². The molecule has 0 atom stereocenters. The Hall–Kier alpha value is -1.58. The first-order chi connectivity index (χ1) is 8.00. The molecule has 3 aliphatic carbocycles. The molecule has 1 N–H and O–H groups in total. The highest BCUT2D eigenvalue weighted by atomic mass is 19.1. The Morgan fingerprint density at radius 2 is 2.00 bits per heavy atom. The first-order valence-corrected chi connectivity index (χ1v) is 5.58. The predicted octanol–water partition coefficient (Wildman–Crippen LogP) is 2.34. The van der Waals surface area contributed by atoms with Gasteiger partial charge in [-0.05, 0) is 42.4 Å². The van der Waals surface area contributed by atoms with Crippen molar-refractivity contribution in [2.45, 2.75) is 24.7 Å². The number of methoxy groups -OCH3 is 1. The van der Waals surface area contributed by atoms with Gasteiger partial charge in [0.1, 0.15) is 11.6 Å². The summed E-state index contributed by atoms with van der Waals surface area (Å²) in [6.07, 6.45) is 1.88. The molecule has 0 amide bonds. The number of aliphatic carboxylic acids is 1. The van der Waals surface area contributed by atoms with Crippen molar-refractivity contribution in [2.75, 3.05) is 7.11 Å². The highest BCUT2D eigenvalue weighted by Crippen LogP contribution is 2.73. The zero-order valence-electron chi connectivity index (χ0n) is 9.50. The smallest absolute Gasteiger partial charge is 0.309 e. The Morgan fingerprint density at radius 1 is 1.35 bits per heavy atom. The van der Waals surface area contributed by atoms with Gasteiger partial charge < -0.3 is 9.84 Å².